The molecule has 0 amide bonds. The van der Waals surface area contributed by atoms with Gasteiger partial charge in [-0.05, 0) is 23.6 Å². The van der Waals surface area contributed by atoms with Gasteiger partial charge in [0.15, 0.2) is 5.82 Å². The average Bonchev–Trinajstić information content (AvgIpc) is 2.30. The fourth-order valence-electron chi connectivity index (χ4n) is 1.99. The van der Waals surface area contributed by atoms with Gasteiger partial charge in [-0.25, -0.2) is 9.37 Å². The first-order valence-electron chi connectivity index (χ1n) is 5.50. The summed E-state index contributed by atoms with van der Waals surface area (Å²) in [4.78, 5) is 3.57. The summed E-state index contributed by atoms with van der Waals surface area (Å²) in [6, 6.07) is 3.21. The maximum Gasteiger partial charge on any atom is 0.250 e. The number of anilines is 1. The van der Waals surface area contributed by atoms with Crippen LogP contribution in [0.15, 0.2) is 12.1 Å². The Morgan fingerprint density at radius 1 is 1.33 bits per heavy atom. The van der Waals surface area contributed by atoms with Crippen molar-refractivity contribution in [2.24, 2.45) is 0 Å². The lowest BCUT2D eigenvalue weighted by molar-refractivity contribution is 0.482. The van der Waals surface area contributed by atoms with E-state index in [4.69, 9.17) is 12.2 Å². The summed E-state index contributed by atoms with van der Waals surface area (Å²) in [6.45, 7) is 3.85. The highest BCUT2D eigenvalue weighted by atomic mass is 19.2. The number of nitrogen functional groups attached to an aromatic ring is 1. The summed E-state index contributed by atoms with van der Waals surface area (Å²) in [6.07, 6.45) is 5.28. The van der Waals surface area contributed by atoms with Gasteiger partial charge >= 0.3 is 0 Å². The number of hydrogen-bond donors (Lipinski definition) is 1. The maximum atomic E-state index is 13.7. The van der Waals surface area contributed by atoms with Crippen LogP contribution in [0.25, 0.3) is 10.9 Å². The molecule has 0 atom stereocenters. The van der Waals surface area contributed by atoms with Crippen LogP contribution < -0.4 is 5.73 Å². The quantitative estimate of drug-likeness (QED) is 0.476. The first-order chi connectivity index (χ1) is 8.45. The number of benzene rings is 1. The van der Waals surface area contributed by atoms with E-state index in [0.717, 1.165) is 5.56 Å². The van der Waals surface area contributed by atoms with E-state index >= 15 is 0 Å². The number of aromatic nitrogens is 1. The number of pyridine rings is 1. The van der Waals surface area contributed by atoms with Crippen LogP contribution in [0.1, 0.15) is 30.9 Å². The minimum absolute atomic E-state index is 0.0785. The smallest absolute Gasteiger partial charge is 0.250 e. The number of nitrogens with two attached hydrogens (primary N) is 1. The lowest BCUT2D eigenvalue weighted by atomic mass is 9.94. The second kappa shape index (κ2) is 4.26. The lowest BCUT2D eigenvalue weighted by Crippen LogP contribution is -2.02. The molecule has 1 heterocycles. The highest BCUT2D eigenvalue weighted by Gasteiger charge is 2.18. The van der Waals surface area contributed by atoms with Crippen molar-refractivity contribution in [2.45, 2.75) is 19.8 Å². The van der Waals surface area contributed by atoms with Crippen LogP contribution in [0.3, 0.4) is 0 Å². The number of hydrogen-bond acceptors (Lipinski definition) is 2. The molecule has 0 saturated carbocycles. The van der Waals surface area contributed by atoms with Crippen molar-refractivity contribution in [2.75, 3.05) is 5.73 Å². The van der Waals surface area contributed by atoms with Gasteiger partial charge in [-0.15, -0.1) is 6.42 Å². The minimum atomic E-state index is -1.20. The predicted molar refractivity (Wildman–Crippen MR) is 68.1 cm³/mol. The number of terminal acetylenes is 1. The van der Waals surface area contributed by atoms with Crippen molar-refractivity contribution in [1.29, 1.82) is 0 Å². The number of rotatable bonds is 1. The molecule has 0 fully saturated rings. The molecule has 0 spiro atoms. The molecular weight excluding hydrogens is 234 g/mol. The Labute approximate surface area is 104 Å². The highest BCUT2D eigenvalue weighted by molar-refractivity contribution is 5.91. The predicted octanol–water partition coefficient (Wildman–Crippen LogP) is 3.20. The molecule has 0 aliphatic heterocycles. The van der Waals surface area contributed by atoms with Crippen molar-refractivity contribution < 1.29 is 8.78 Å². The van der Waals surface area contributed by atoms with Crippen LogP contribution in [-0.2, 0) is 0 Å². The molecular formula is C14H12F2N2. The highest BCUT2D eigenvalue weighted by Crippen LogP contribution is 2.31. The number of nitrogens with zero attached hydrogens (tertiary/aromatic N) is 1. The van der Waals surface area contributed by atoms with E-state index in [-0.39, 0.29) is 17.0 Å². The monoisotopic (exact) mass is 246 g/mol. The Kier molecular flexibility index (Phi) is 2.92. The fourth-order valence-corrected chi connectivity index (χ4v) is 1.99. The van der Waals surface area contributed by atoms with Gasteiger partial charge in [0.2, 0.25) is 0 Å². The Bertz CT molecular complexity index is 670. The summed E-state index contributed by atoms with van der Waals surface area (Å²) < 4.78 is 27.0. The second-order valence-corrected chi connectivity index (χ2v) is 4.39. The topological polar surface area (TPSA) is 38.9 Å². The summed E-state index contributed by atoms with van der Waals surface area (Å²) in [7, 11) is 0. The molecule has 2 N–H and O–H groups in total. The molecule has 2 rings (SSSR count). The first-order valence-corrected chi connectivity index (χ1v) is 5.50. The van der Waals surface area contributed by atoms with Crippen LogP contribution in [0, 0.1) is 24.1 Å². The van der Waals surface area contributed by atoms with Gasteiger partial charge in [-0.3, -0.25) is 0 Å². The molecule has 1 aromatic carbocycles. The second-order valence-electron chi connectivity index (χ2n) is 4.39. The zero-order valence-electron chi connectivity index (χ0n) is 10.1. The maximum absolute atomic E-state index is 13.7. The molecule has 92 valence electrons. The molecule has 18 heavy (non-hydrogen) atoms. The van der Waals surface area contributed by atoms with Gasteiger partial charge < -0.3 is 5.73 Å². The lowest BCUT2D eigenvalue weighted by Gasteiger charge is -2.13. The van der Waals surface area contributed by atoms with Gasteiger partial charge in [-0.2, -0.15) is 4.39 Å². The third-order valence-electron chi connectivity index (χ3n) is 2.81. The van der Waals surface area contributed by atoms with E-state index in [1.54, 1.807) is 6.07 Å². The normalized spacial score (nSPS) is 10.9. The third-order valence-corrected chi connectivity index (χ3v) is 2.81. The standard InChI is InChI=1S/C14H12F2N2/c1-4-9-12-10(7(2)3)5-8(17)6-11(12)18-14(16)13(9)15/h1,5-7H,17H2,2-3H3. The van der Waals surface area contributed by atoms with Crippen LogP contribution >= 0.6 is 0 Å². The summed E-state index contributed by atoms with van der Waals surface area (Å²) in [5.74, 6) is -0.00831. The summed E-state index contributed by atoms with van der Waals surface area (Å²) in [5, 5.41) is 0.459. The van der Waals surface area contributed by atoms with Crippen LogP contribution in [0.2, 0.25) is 0 Å². The van der Waals surface area contributed by atoms with Gasteiger partial charge in [0, 0.05) is 11.1 Å². The van der Waals surface area contributed by atoms with Crippen molar-refractivity contribution in [1.82, 2.24) is 4.98 Å². The zero-order valence-corrected chi connectivity index (χ0v) is 10.1. The summed E-state index contributed by atoms with van der Waals surface area (Å²) in [5.41, 5.74) is 7.14. The van der Waals surface area contributed by atoms with Crippen molar-refractivity contribution >= 4 is 16.6 Å². The van der Waals surface area contributed by atoms with Crippen LogP contribution in [-0.4, -0.2) is 4.98 Å². The summed E-state index contributed by atoms with van der Waals surface area (Å²) >= 11 is 0. The van der Waals surface area contributed by atoms with E-state index in [2.05, 4.69) is 10.9 Å². The van der Waals surface area contributed by atoms with Gasteiger partial charge in [-0.1, -0.05) is 19.8 Å². The van der Waals surface area contributed by atoms with Gasteiger partial charge in [0.1, 0.15) is 0 Å². The number of fused-ring (bicyclic) bond motifs is 1. The van der Waals surface area contributed by atoms with Gasteiger partial charge in [0.05, 0.1) is 11.1 Å². The van der Waals surface area contributed by atoms with Crippen molar-refractivity contribution in [3.8, 4) is 12.3 Å². The van der Waals surface area contributed by atoms with E-state index in [1.165, 1.54) is 6.07 Å². The van der Waals surface area contributed by atoms with Crippen molar-refractivity contribution in [3.63, 3.8) is 0 Å². The Morgan fingerprint density at radius 2 is 2.00 bits per heavy atom. The molecule has 0 aliphatic rings. The molecule has 1 aromatic heterocycles. The van der Waals surface area contributed by atoms with E-state index in [0.29, 0.717) is 11.1 Å². The Hall–Kier alpha value is -2.15. The first kappa shape index (κ1) is 12.3. The largest absolute Gasteiger partial charge is 0.399 e. The fraction of sp³-hybridized carbons (Fsp3) is 0.214. The van der Waals surface area contributed by atoms with E-state index < -0.39 is 11.8 Å². The Morgan fingerprint density at radius 3 is 2.56 bits per heavy atom. The average molecular weight is 246 g/mol. The SMILES string of the molecule is C#Cc1c(F)c(F)nc2cc(N)cc(C(C)C)c12. The Balaban J connectivity index is 3.03. The van der Waals surface area contributed by atoms with E-state index in [1.807, 2.05) is 13.8 Å². The minimum Gasteiger partial charge on any atom is -0.399 e. The van der Waals surface area contributed by atoms with Crippen LogP contribution in [0.5, 0.6) is 0 Å². The van der Waals surface area contributed by atoms with Gasteiger partial charge in [0.25, 0.3) is 5.95 Å². The van der Waals surface area contributed by atoms with E-state index in [9.17, 15) is 8.78 Å². The molecule has 2 aromatic rings. The van der Waals surface area contributed by atoms with Crippen LogP contribution in [0.4, 0.5) is 14.5 Å². The molecule has 0 aliphatic carbocycles. The molecule has 0 saturated heterocycles. The third kappa shape index (κ3) is 1.78. The molecule has 0 bridgehead atoms. The molecule has 2 nitrogen and oxygen atoms in total. The number of halogens is 2. The molecule has 0 unspecified atom stereocenters. The molecule has 0 radical (unpaired) electrons. The zero-order chi connectivity index (χ0) is 13.4. The molecule has 4 heteroatoms. The van der Waals surface area contributed by atoms with Crippen molar-refractivity contribution in [3.05, 3.63) is 35.0 Å².